The summed E-state index contributed by atoms with van der Waals surface area (Å²) in [4.78, 5) is 0. The quantitative estimate of drug-likeness (QED) is 0.727. The number of aliphatic hydroxyl groups excluding tert-OH is 1. The molecule has 0 amide bonds. The van der Waals surface area contributed by atoms with E-state index in [0.717, 1.165) is 17.1 Å². The molecule has 0 aromatic heterocycles. The van der Waals surface area contributed by atoms with Crippen molar-refractivity contribution in [1.82, 2.24) is 5.32 Å². The van der Waals surface area contributed by atoms with Crippen LogP contribution in [-0.2, 0) is 6.54 Å². The molecule has 1 rings (SSSR count). The van der Waals surface area contributed by atoms with E-state index in [-0.39, 0.29) is 5.88 Å². The van der Waals surface area contributed by atoms with Crippen LogP contribution in [0.25, 0.3) is 0 Å². The van der Waals surface area contributed by atoms with Crippen LogP contribution in [0.5, 0.6) is 11.5 Å². The minimum Gasteiger partial charge on any atom is -0.497 e. The summed E-state index contributed by atoms with van der Waals surface area (Å²) in [7, 11) is 3.23. The number of benzene rings is 1. The van der Waals surface area contributed by atoms with Gasteiger partial charge in [0.1, 0.15) is 11.5 Å². The first-order chi connectivity index (χ1) is 8.21. The number of alkyl halides is 1. The van der Waals surface area contributed by atoms with Crippen LogP contribution < -0.4 is 14.8 Å². The first-order valence-electron chi connectivity index (χ1n) is 5.37. The van der Waals surface area contributed by atoms with Crippen molar-refractivity contribution in [3.05, 3.63) is 23.8 Å². The lowest BCUT2D eigenvalue weighted by Crippen LogP contribution is -2.27. The maximum absolute atomic E-state index is 9.30. The number of rotatable bonds is 7. The van der Waals surface area contributed by atoms with Crippen LogP contribution in [0.15, 0.2) is 18.2 Å². The number of hydrogen-bond acceptors (Lipinski definition) is 4. The second-order valence-electron chi connectivity index (χ2n) is 3.62. The van der Waals surface area contributed by atoms with E-state index in [4.69, 9.17) is 21.1 Å². The fourth-order valence-corrected chi connectivity index (χ4v) is 1.54. The van der Waals surface area contributed by atoms with Crippen LogP contribution in [0.2, 0.25) is 0 Å². The molecule has 1 aromatic rings. The van der Waals surface area contributed by atoms with Crippen LogP contribution in [0.4, 0.5) is 0 Å². The van der Waals surface area contributed by atoms with Crippen molar-refractivity contribution in [2.45, 2.75) is 12.6 Å². The molecular formula is C12H18ClNO3. The Hall–Kier alpha value is -0.970. The van der Waals surface area contributed by atoms with Crippen LogP contribution in [0.3, 0.4) is 0 Å². The third-order valence-electron chi connectivity index (χ3n) is 2.37. The van der Waals surface area contributed by atoms with Gasteiger partial charge < -0.3 is 19.9 Å². The maximum Gasteiger partial charge on any atom is 0.127 e. The molecule has 0 fully saturated rings. The molecule has 0 bridgehead atoms. The molecule has 1 atom stereocenters. The lowest BCUT2D eigenvalue weighted by molar-refractivity contribution is 0.194. The summed E-state index contributed by atoms with van der Waals surface area (Å²) in [5.41, 5.74) is 1.01. The van der Waals surface area contributed by atoms with E-state index in [9.17, 15) is 5.11 Å². The molecule has 0 saturated heterocycles. The van der Waals surface area contributed by atoms with E-state index in [1.165, 1.54) is 0 Å². The van der Waals surface area contributed by atoms with Crippen LogP contribution >= 0.6 is 11.6 Å². The molecule has 0 heterocycles. The average Bonchev–Trinajstić information content (AvgIpc) is 2.38. The molecule has 0 spiro atoms. The van der Waals surface area contributed by atoms with Crippen molar-refractivity contribution in [3.8, 4) is 11.5 Å². The number of aliphatic hydroxyl groups is 1. The first-order valence-corrected chi connectivity index (χ1v) is 5.90. The fraction of sp³-hybridized carbons (Fsp3) is 0.500. The first kappa shape index (κ1) is 14.1. The molecule has 0 radical (unpaired) electrons. The lowest BCUT2D eigenvalue weighted by atomic mass is 10.2. The molecule has 0 aliphatic rings. The maximum atomic E-state index is 9.30. The monoisotopic (exact) mass is 259 g/mol. The molecule has 0 aliphatic heterocycles. The Labute approximate surface area is 106 Å². The van der Waals surface area contributed by atoms with E-state index in [0.29, 0.717) is 13.1 Å². The third kappa shape index (κ3) is 4.42. The summed E-state index contributed by atoms with van der Waals surface area (Å²) in [5.74, 6) is 1.75. The fourth-order valence-electron chi connectivity index (χ4n) is 1.43. The highest BCUT2D eigenvalue weighted by Crippen LogP contribution is 2.24. The molecule has 17 heavy (non-hydrogen) atoms. The zero-order valence-corrected chi connectivity index (χ0v) is 10.8. The van der Waals surface area contributed by atoms with Gasteiger partial charge in [0, 0.05) is 30.6 Å². The predicted molar refractivity (Wildman–Crippen MR) is 68.0 cm³/mol. The van der Waals surface area contributed by atoms with E-state index in [1.54, 1.807) is 14.2 Å². The Morgan fingerprint density at radius 2 is 2.12 bits per heavy atom. The molecule has 2 N–H and O–H groups in total. The Kier molecular flexibility index (Phi) is 6.11. The van der Waals surface area contributed by atoms with E-state index in [2.05, 4.69) is 5.32 Å². The van der Waals surface area contributed by atoms with Crippen LogP contribution in [0, 0.1) is 0 Å². The highest BCUT2D eigenvalue weighted by molar-refractivity contribution is 6.18. The Balaban J connectivity index is 2.58. The van der Waals surface area contributed by atoms with Crippen LogP contribution in [-0.4, -0.2) is 37.9 Å². The molecule has 0 saturated carbocycles. The van der Waals surface area contributed by atoms with Gasteiger partial charge in [-0.25, -0.2) is 0 Å². The van der Waals surface area contributed by atoms with Gasteiger partial charge in [0.25, 0.3) is 0 Å². The number of methoxy groups -OCH3 is 2. The summed E-state index contributed by atoms with van der Waals surface area (Å²) in [6, 6.07) is 5.63. The highest BCUT2D eigenvalue weighted by Gasteiger charge is 2.06. The number of nitrogens with one attached hydrogen (secondary N) is 1. The van der Waals surface area contributed by atoms with Gasteiger partial charge in [-0.1, -0.05) is 6.07 Å². The molecule has 96 valence electrons. The van der Waals surface area contributed by atoms with Crippen molar-refractivity contribution in [3.63, 3.8) is 0 Å². The molecule has 0 aliphatic carbocycles. The van der Waals surface area contributed by atoms with Crippen molar-refractivity contribution < 1.29 is 14.6 Å². The standard InChI is InChI=1S/C12H18ClNO3/c1-16-11-4-3-9(12(5-11)17-2)7-14-8-10(15)6-13/h3-5,10,14-15H,6-8H2,1-2H3/t10-/m0/s1. The summed E-state index contributed by atoms with van der Waals surface area (Å²) in [6.45, 7) is 1.07. The topological polar surface area (TPSA) is 50.7 Å². The second-order valence-corrected chi connectivity index (χ2v) is 3.93. The number of halogens is 1. The third-order valence-corrected chi connectivity index (χ3v) is 2.72. The van der Waals surface area contributed by atoms with Crippen molar-refractivity contribution in [2.75, 3.05) is 26.6 Å². The zero-order valence-electron chi connectivity index (χ0n) is 10.1. The molecule has 4 nitrogen and oxygen atoms in total. The van der Waals surface area contributed by atoms with Crippen molar-refractivity contribution in [2.24, 2.45) is 0 Å². The van der Waals surface area contributed by atoms with Gasteiger partial charge in [0.2, 0.25) is 0 Å². The van der Waals surface area contributed by atoms with Gasteiger partial charge in [0.15, 0.2) is 0 Å². The minimum atomic E-state index is -0.527. The largest absolute Gasteiger partial charge is 0.497 e. The van der Waals surface area contributed by atoms with Gasteiger partial charge >= 0.3 is 0 Å². The van der Waals surface area contributed by atoms with Gasteiger partial charge in [-0.2, -0.15) is 0 Å². The Morgan fingerprint density at radius 3 is 2.71 bits per heavy atom. The average molecular weight is 260 g/mol. The zero-order chi connectivity index (χ0) is 12.7. The summed E-state index contributed by atoms with van der Waals surface area (Å²) in [5, 5.41) is 12.4. The smallest absolute Gasteiger partial charge is 0.127 e. The van der Waals surface area contributed by atoms with E-state index < -0.39 is 6.10 Å². The van der Waals surface area contributed by atoms with E-state index in [1.807, 2.05) is 18.2 Å². The molecule has 1 aromatic carbocycles. The van der Waals surface area contributed by atoms with Crippen molar-refractivity contribution in [1.29, 1.82) is 0 Å². The summed E-state index contributed by atoms with van der Waals surface area (Å²) < 4.78 is 10.4. The van der Waals surface area contributed by atoms with Crippen molar-refractivity contribution >= 4 is 11.6 Å². The minimum absolute atomic E-state index is 0.229. The number of ether oxygens (including phenoxy) is 2. The Bertz CT molecular complexity index is 347. The molecule has 0 unspecified atom stereocenters. The molecular weight excluding hydrogens is 242 g/mol. The number of hydrogen-bond donors (Lipinski definition) is 2. The lowest BCUT2D eigenvalue weighted by Gasteiger charge is -2.12. The normalized spacial score (nSPS) is 12.2. The highest BCUT2D eigenvalue weighted by atomic mass is 35.5. The predicted octanol–water partition coefficient (Wildman–Crippen LogP) is 1.39. The van der Waals surface area contributed by atoms with Crippen LogP contribution in [0.1, 0.15) is 5.56 Å². The summed E-state index contributed by atoms with van der Waals surface area (Å²) >= 11 is 5.50. The summed E-state index contributed by atoms with van der Waals surface area (Å²) in [6.07, 6.45) is -0.527. The van der Waals surface area contributed by atoms with Gasteiger partial charge in [0.05, 0.1) is 20.3 Å². The second kappa shape index (κ2) is 7.37. The van der Waals surface area contributed by atoms with E-state index >= 15 is 0 Å². The van der Waals surface area contributed by atoms with Gasteiger partial charge in [-0.3, -0.25) is 0 Å². The molecule has 5 heteroatoms. The van der Waals surface area contributed by atoms with Gasteiger partial charge in [-0.05, 0) is 6.07 Å². The van der Waals surface area contributed by atoms with Gasteiger partial charge in [-0.15, -0.1) is 11.6 Å². The Morgan fingerprint density at radius 1 is 1.35 bits per heavy atom. The SMILES string of the molecule is COc1ccc(CNC[C@@H](O)CCl)c(OC)c1.